The molecule has 0 fully saturated rings. The molecule has 2 aromatic heterocycles. The van der Waals surface area contributed by atoms with E-state index in [0.29, 0.717) is 12.2 Å². The Morgan fingerprint density at radius 2 is 2.50 bits per heavy atom. The van der Waals surface area contributed by atoms with Gasteiger partial charge in [0, 0.05) is 23.9 Å². The van der Waals surface area contributed by atoms with Crippen LogP contribution < -0.4 is 5.32 Å². The molecule has 0 bridgehead atoms. The van der Waals surface area contributed by atoms with Gasteiger partial charge in [0.05, 0.1) is 12.2 Å². The third-order valence-corrected chi connectivity index (χ3v) is 2.64. The first-order chi connectivity index (χ1) is 7.66. The Morgan fingerprint density at radius 3 is 3.06 bits per heavy atom. The molecule has 0 aliphatic carbocycles. The maximum atomic E-state index is 11.8. The molecular weight excluding hydrogens is 272 g/mol. The quantitative estimate of drug-likeness (QED) is 0.895. The van der Waals surface area contributed by atoms with E-state index in [9.17, 15) is 4.79 Å². The molecule has 2 rings (SSSR count). The van der Waals surface area contributed by atoms with Gasteiger partial charge < -0.3 is 9.88 Å². The predicted octanol–water partition coefficient (Wildman–Crippen LogP) is 1.44. The molecule has 6 heteroatoms. The highest BCUT2D eigenvalue weighted by Gasteiger charge is 2.10. The van der Waals surface area contributed by atoms with Gasteiger partial charge >= 0.3 is 0 Å². The van der Waals surface area contributed by atoms with Crippen LogP contribution in [0.25, 0.3) is 0 Å². The highest BCUT2D eigenvalue weighted by atomic mass is 79.9. The van der Waals surface area contributed by atoms with E-state index in [-0.39, 0.29) is 5.91 Å². The molecule has 16 heavy (non-hydrogen) atoms. The van der Waals surface area contributed by atoms with E-state index in [1.807, 2.05) is 19.3 Å². The smallest absolute Gasteiger partial charge is 0.268 e. The monoisotopic (exact) mass is 282 g/mol. The van der Waals surface area contributed by atoms with Crippen molar-refractivity contribution < 1.29 is 4.79 Å². The lowest BCUT2D eigenvalue weighted by Crippen LogP contribution is -2.24. The van der Waals surface area contributed by atoms with Crippen molar-refractivity contribution in [3.05, 3.63) is 40.4 Å². The van der Waals surface area contributed by atoms with Crippen LogP contribution in [0.2, 0.25) is 0 Å². The average molecular weight is 283 g/mol. The van der Waals surface area contributed by atoms with Crippen molar-refractivity contribution in [2.45, 2.75) is 6.54 Å². The molecule has 1 amide bonds. The number of hydrogen-bond acceptors (Lipinski definition) is 2. The number of carbonyl (C=O) groups is 1. The summed E-state index contributed by atoms with van der Waals surface area (Å²) >= 11 is 3.32. The number of aromatic nitrogens is 3. The molecule has 5 nitrogen and oxygen atoms in total. The molecule has 0 saturated carbocycles. The van der Waals surface area contributed by atoms with Gasteiger partial charge in [0.1, 0.15) is 5.69 Å². The normalized spacial score (nSPS) is 10.4. The summed E-state index contributed by atoms with van der Waals surface area (Å²) in [6.07, 6.45) is 3.49. The number of rotatable bonds is 3. The lowest BCUT2D eigenvalue weighted by atomic mass is 10.3. The van der Waals surface area contributed by atoms with E-state index in [2.05, 4.69) is 31.4 Å². The van der Waals surface area contributed by atoms with E-state index >= 15 is 0 Å². The second-order valence-corrected chi connectivity index (χ2v) is 4.33. The Labute approximate surface area is 101 Å². The lowest BCUT2D eigenvalue weighted by Gasteiger charge is -2.04. The Bertz CT molecular complexity index is 489. The third-order valence-electron chi connectivity index (χ3n) is 2.20. The molecular formula is C10H11BrN4O. The third kappa shape index (κ3) is 2.33. The fourth-order valence-electron chi connectivity index (χ4n) is 1.40. The highest BCUT2D eigenvalue weighted by Crippen LogP contribution is 2.13. The van der Waals surface area contributed by atoms with Gasteiger partial charge in [-0.1, -0.05) is 0 Å². The summed E-state index contributed by atoms with van der Waals surface area (Å²) < 4.78 is 2.66. The van der Waals surface area contributed by atoms with Crippen molar-refractivity contribution in [3.8, 4) is 0 Å². The molecule has 0 saturated heterocycles. The van der Waals surface area contributed by atoms with E-state index in [1.165, 1.54) is 0 Å². The highest BCUT2D eigenvalue weighted by molar-refractivity contribution is 9.10. The molecule has 0 radical (unpaired) electrons. The fourth-order valence-corrected chi connectivity index (χ4v) is 1.92. The minimum atomic E-state index is -0.109. The van der Waals surface area contributed by atoms with Crippen LogP contribution in [-0.4, -0.2) is 20.7 Å². The van der Waals surface area contributed by atoms with Crippen LogP contribution in [0.15, 0.2) is 29.0 Å². The first kappa shape index (κ1) is 10.9. The number of halogens is 1. The predicted molar refractivity (Wildman–Crippen MR) is 62.9 cm³/mol. The SMILES string of the molecule is Cn1cc(Br)cc1C(=O)NCc1ccn[nH]1. The topological polar surface area (TPSA) is 62.7 Å². The Balaban J connectivity index is 2.01. The second kappa shape index (κ2) is 4.52. The summed E-state index contributed by atoms with van der Waals surface area (Å²) in [6.45, 7) is 0.446. The van der Waals surface area contributed by atoms with E-state index in [1.54, 1.807) is 16.8 Å². The van der Waals surface area contributed by atoms with Gasteiger partial charge in [-0.25, -0.2) is 0 Å². The van der Waals surface area contributed by atoms with E-state index in [0.717, 1.165) is 10.2 Å². The van der Waals surface area contributed by atoms with Crippen LogP contribution in [0, 0.1) is 0 Å². The van der Waals surface area contributed by atoms with Gasteiger partial charge in [-0.2, -0.15) is 5.10 Å². The van der Waals surface area contributed by atoms with Gasteiger partial charge in [0.15, 0.2) is 0 Å². The van der Waals surface area contributed by atoms with E-state index < -0.39 is 0 Å². The number of carbonyl (C=O) groups excluding carboxylic acids is 1. The van der Waals surface area contributed by atoms with Gasteiger partial charge in [-0.3, -0.25) is 9.89 Å². The molecule has 0 atom stereocenters. The van der Waals surface area contributed by atoms with Gasteiger partial charge in [-0.15, -0.1) is 0 Å². The Hall–Kier alpha value is -1.56. The summed E-state index contributed by atoms with van der Waals surface area (Å²) in [4.78, 5) is 11.8. The van der Waals surface area contributed by atoms with Crippen LogP contribution in [-0.2, 0) is 13.6 Å². The summed E-state index contributed by atoms with van der Waals surface area (Å²) in [5, 5.41) is 9.39. The number of amides is 1. The molecule has 84 valence electrons. The van der Waals surface area contributed by atoms with Gasteiger partial charge in [0.2, 0.25) is 0 Å². The maximum absolute atomic E-state index is 11.8. The van der Waals surface area contributed by atoms with Gasteiger partial charge in [0.25, 0.3) is 5.91 Å². The van der Waals surface area contributed by atoms with Crippen LogP contribution in [0.3, 0.4) is 0 Å². The molecule has 0 spiro atoms. The summed E-state index contributed by atoms with van der Waals surface area (Å²) in [5.74, 6) is -0.109. The van der Waals surface area contributed by atoms with Gasteiger partial charge in [-0.05, 0) is 28.1 Å². The number of nitrogens with one attached hydrogen (secondary N) is 2. The largest absolute Gasteiger partial charge is 0.345 e. The number of nitrogens with zero attached hydrogens (tertiary/aromatic N) is 2. The van der Waals surface area contributed by atoms with Crippen molar-refractivity contribution in [1.82, 2.24) is 20.1 Å². The van der Waals surface area contributed by atoms with Crippen LogP contribution in [0.5, 0.6) is 0 Å². The van der Waals surface area contributed by atoms with Crippen molar-refractivity contribution in [1.29, 1.82) is 0 Å². The second-order valence-electron chi connectivity index (χ2n) is 3.42. The van der Waals surface area contributed by atoms with Crippen molar-refractivity contribution in [2.24, 2.45) is 7.05 Å². The molecule has 2 heterocycles. The van der Waals surface area contributed by atoms with Crippen molar-refractivity contribution in [3.63, 3.8) is 0 Å². The molecule has 0 aliphatic heterocycles. The van der Waals surface area contributed by atoms with Crippen molar-refractivity contribution in [2.75, 3.05) is 0 Å². The Morgan fingerprint density at radius 1 is 1.69 bits per heavy atom. The standard InChI is InChI=1S/C10H11BrN4O/c1-15-6-7(11)4-9(15)10(16)12-5-8-2-3-13-14-8/h2-4,6H,5H2,1H3,(H,12,16)(H,13,14). The van der Waals surface area contributed by atoms with E-state index in [4.69, 9.17) is 0 Å². The fraction of sp³-hybridized carbons (Fsp3) is 0.200. The molecule has 2 N–H and O–H groups in total. The molecule has 0 unspecified atom stereocenters. The molecule has 0 aromatic carbocycles. The number of H-pyrrole nitrogens is 1. The summed E-state index contributed by atoms with van der Waals surface area (Å²) in [6, 6.07) is 3.60. The summed E-state index contributed by atoms with van der Waals surface area (Å²) in [7, 11) is 1.83. The number of hydrogen-bond donors (Lipinski definition) is 2. The van der Waals surface area contributed by atoms with Crippen molar-refractivity contribution >= 4 is 21.8 Å². The minimum Gasteiger partial charge on any atom is -0.345 e. The zero-order valence-corrected chi connectivity index (χ0v) is 10.3. The summed E-state index contributed by atoms with van der Waals surface area (Å²) in [5.41, 5.74) is 1.49. The lowest BCUT2D eigenvalue weighted by molar-refractivity contribution is 0.0942. The van der Waals surface area contributed by atoms with Crippen LogP contribution in [0.1, 0.15) is 16.2 Å². The zero-order chi connectivity index (χ0) is 11.5. The van der Waals surface area contributed by atoms with Crippen LogP contribution in [0.4, 0.5) is 0 Å². The average Bonchev–Trinajstić information content (AvgIpc) is 2.84. The maximum Gasteiger partial charge on any atom is 0.268 e. The molecule has 0 aliphatic rings. The minimum absolute atomic E-state index is 0.109. The molecule has 2 aromatic rings. The Kier molecular flexibility index (Phi) is 3.09. The number of aromatic amines is 1. The number of aryl methyl sites for hydroxylation is 1. The first-order valence-electron chi connectivity index (χ1n) is 4.75. The first-order valence-corrected chi connectivity index (χ1v) is 5.54. The zero-order valence-electron chi connectivity index (χ0n) is 8.70. The van der Waals surface area contributed by atoms with Crippen LogP contribution >= 0.6 is 15.9 Å².